The highest BCUT2D eigenvalue weighted by Crippen LogP contribution is 2.16. The fourth-order valence-corrected chi connectivity index (χ4v) is 2.06. The molecule has 0 spiro atoms. The molecule has 2 nitrogen and oxygen atoms in total. The van der Waals surface area contributed by atoms with Crippen LogP contribution in [0, 0.1) is 11.6 Å². The van der Waals surface area contributed by atoms with Crippen molar-refractivity contribution >= 4 is 23.0 Å². The summed E-state index contributed by atoms with van der Waals surface area (Å²) in [5.74, 6) is -1.30. The number of thiocarbonyl (C=S) groups is 1. The lowest BCUT2D eigenvalue weighted by atomic mass is 10.1. The van der Waals surface area contributed by atoms with Gasteiger partial charge >= 0.3 is 0 Å². The molecular formula is C15H14F2N2S. The minimum atomic E-state index is -0.679. The number of anilines is 1. The van der Waals surface area contributed by atoms with E-state index < -0.39 is 11.6 Å². The van der Waals surface area contributed by atoms with E-state index in [0.717, 1.165) is 11.6 Å². The van der Waals surface area contributed by atoms with E-state index in [9.17, 15) is 8.78 Å². The molecule has 5 heteroatoms. The third-order valence-corrected chi connectivity index (χ3v) is 3.05. The van der Waals surface area contributed by atoms with Crippen molar-refractivity contribution in [2.75, 3.05) is 5.32 Å². The monoisotopic (exact) mass is 292 g/mol. The van der Waals surface area contributed by atoms with Crippen molar-refractivity contribution in [3.63, 3.8) is 0 Å². The number of benzene rings is 2. The maximum Gasteiger partial charge on any atom is 0.171 e. The topological polar surface area (TPSA) is 24.1 Å². The third-order valence-electron chi connectivity index (χ3n) is 2.83. The molecule has 0 aliphatic heterocycles. The van der Waals surface area contributed by atoms with Crippen molar-refractivity contribution in [2.24, 2.45) is 0 Å². The molecule has 0 bridgehead atoms. The number of halogens is 2. The average molecular weight is 292 g/mol. The van der Waals surface area contributed by atoms with E-state index in [0.29, 0.717) is 0 Å². The molecule has 1 atom stereocenters. The number of hydrogen-bond acceptors (Lipinski definition) is 1. The molecule has 0 heterocycles. The smallest absolute Gasteiger partial charge is 0.171 e. The SMILES string of the molecule is C[C@H](NC(=S)Nc1ccc(F)cc1F)c1ccccc1. The molecule has 0 aliphatic rings. The van der Waals surface area contributed by atoms with Crippen molar-refractivity contribution in [1.82, 2.24) is 5.32 Å². The van der Waals surface area contributed by atoms with E-state index in [1.807, 2.05) is 37.3 Å². The van der Waals surface area contributed by atoms with Gasteiger partial charge in [-0.3, -0.25) is 0 Å². The molecule has 0 aliphatic carbocycles. The second-order valence-electron chi connectivity index (χ2n) is 4.36. The Kier molecular flexibility index (Phi) is 4.63. The summed E-state index contributed by atoms with van der Waals surface area (Å²) < 4.78 is 26.3. The molecule has 0 saturated carbocycles. The zero-order chi connectivity index (χ0) is 14.5. The molecule has 0 aromatic heterocycles. The largest absolute Gasteiger partial charge is 0.356 e. The quantitative estimate of drug-likeness (QED) is 0.836. The predicted molar refractivity (Wildman–Crippen MR) is 80.6 cm³/mol. The van der Waals surface area contributed by atoms with E-state index in [-0.39, 0.29) is 16.8 Å². The van der Waals surface area contributed by atoms with Crippen LogP contribution in [0.15, 0.2) is 48.5 Å². The Morgan fingerprint density at radius 2 is 1.80 bits per heavy atom. The highest BCUT2D eigenvalue weighted by molar-refractivity contribution is 7.80. The first kappa shape index (κ1) is 14.4. The van der Waals surface area contributed by atoms with E-state index in [2.05, 4.69) is 10.6 Å². The second kappa shape index (κ2) is 6.43. The molecular weight excluding hydrogens is 278 g/mol. The lowest BCUT2D eigenvalue weighted by Crippen LogP contribution is -2.31. The highest BCUT2D eigenvalue weighted by atomic mass is 32.1. The molecule has 0 radical (unpaired) electrons. The van der Waals surface area contributed by atoms with Crippen molar-refractivity contribution in [3.05, 3.63) is 65.7 Å². The van der Waals surface area contributed by atoms with Crippen LogP contribution in [0.2, 0.25) is 0 Å². The van der Waals surface area contributed by atoms with Gasteiger partial charge in [0.2, 0.25) is 0 Å². The average Bonchev–Trinajstić information content (AvgIpc) is 2.43. The first-order valence-electron chi connectivity index (χ1n) is 6.14. The molecule has 0 amide bonds. The van der Waals surface area contributed by atoms with Crippen LogP contribution >= 0.6 is 12.2 Å². The Labute approximate surface area is 121 Å². The summed E-state index contributed by atoms with van der Waals surface area (Å²) in [5, 5.41) is 6.05. The lowest BCUT2D eigenvalue weighted by Gasteiger charge is -2.17. The van der Waals surface area contributed by atoms with Gasteiger partial charge in [0.05, 0.1) is 11.7 Å². The van der Waals surface area contributed by atoms with Crippen LogP contribution in [0.25, 0.3) is 0 Å². The van der Waals surface area contributed by atoms with E-state index >= 15 is 0 Å². The van der Waals surface area contributed by atoms with Crippen LogP contribution < -0.4 is 10.6 Å². The van der Waals surface area contributed by atoms with Crippen molar-refractivity contribution in [2.45, 2.75) is 13.0 Å². The van der Waals surface area contributed by atoms with Crippen LogP contribution in [0.1, 0.15) is 18.5 Å². The van der Waals surface area contributed by atoms with Gasteiger partial charge in [0, 0.05) is 6.07 Å². The van der Waals surface area contributed by atoms with Gasteiger partial charge in [-0.25, -0.2) is 8.78 Å². The van der Waals surface area contributed by atoms with Crippen LogP contribution in [0.5, 0.6) is 0 Å². The fraction of sp³-hybridized carbons (Fsp3) is 0.133. The van der Waals surface area contributed by atoms with Crippen molar-refractivity contribution in [3.8, 4) is 0 Å². The number of hydrogen-bond donors (Lipinski definition) is 2. The second-order valence-corrected chi connectivity index (χ2v) is 4.76. The zero-order valence-electron chi connectivity index (χ0n) is 10.9. The van der Waals surface area contributed by atoms with E-state index in [4.69, 9.17) is 12.2 Å². The van der Waals surface area contributed by atoms with Gasteiger partial charge in [0.25, 0.3) is 0 Å². The third kappa shape index (κ3) is 3.74. The van der Waals surface area contributed by atoms with Crippen LogP contribution in [-0.2, 0) is 0 Å². The summed E-state index contributed by atoms with van der Waals surface area (Å²) in [5.41, 5.74) is 1.21. The van der Waals surface area contributed by atoms with E-state index in [1.165, 1.54) is 12.1 Å². The van der Waals surface area contributed by atoms with Gasteiger partial charge in [-0.1, -0.05) is 30.3 Å². The lowest BCUT2D eigenvalue weighted by molar-refractivity contribution is 0.586. The van der Waals surface area contributed by atoms with E-state index in [1.54, 1.807) is 0 Å². The van der Waals surface area contributed by atoms with Crippen LogP contribution in [0.4, 0.5) is 14.5 Å². The van der Waals surface area contributed by atoms with Gasteiger partial charge in [0.15, 0.2) is 5.11 Å². The standard InChI is InChI=1S/C15H14F2N2S/c1-10(11-5-3-2-4-6-11)18-15(20)19-14-8-7-12(16)9-13(14)17/h2-10H,1H3,(H2,18,19,20)/t10-/m0/s1. The summed E-state index contributed by atoms with van der Waals surface area (Å²) >= 11 is 5.12. The van der Waals surface area contributed by atoms with Crippen LogP contribution in [-0.4, -0.2) is 5.11 Å². The predicted octanol–water partition coefficient (Wildman–Crippen LogP) is 4.01. The maximum absolute atomic E-state index is 13.5. The van der Waals surface area contributed by atoms with Gasteiger partial charge in [0.1, 0.15) is 11.6 Å². The summed E-state index contributed by atoms with van der Waals surface area (Å²) in [6, 6.07) is 13.0. The first-order valence-corrected chi connectivity index (χ1v) is 6.54. The molecule has 0 fully saturated rings. The minimum Gasteiger partial charge on any atom is -0.356 e. The Bertz CT molecular complexity index is 602. The Morgan fingerprint density at radius 1 is 1.10 bits per heavy atom. The van der Waals surface area contributed by atoms with Crippen LogP contribution in [0.3, 0.4) is 0 Å². The number of rotatable bonds is 3. The Morgan fingerprint density at radius 3 is 2.45 bits per heavy atom. The molecule has 104 valence electrons. The zero-order valence-corrected chi connectivity index (χ0v) is 11.7. The summed E-state index contributed by atoms with van der Waals surface area (Å²) in [7, 11) is 0. The Hall–Kier alpha value is -2.01. The van der Waals surface area contributed by atoms with Gasteiger partial charge in [-0.2, -0.15) is 0 Å². The molecule has 2 N–H and O–H groups in total. The molecule has 2 aromatic carbocycles. The summed E-state index contributed by atoms with van der Waals surface area (Å²) in [6.07, 6.45) is 0. The molecule has 0 unspecified atom stereocenters. The summed E-state index contributed by atoms with van der Waals surface area (Å²) in [4.78, 5) is 0. The van der Waals surface area contributed by atoms with Crippen molar-refractivity contribution in [1.29, 1.82) is 0 Å². The number of nitrogens with one attached hydrogen (secondary N) is 2. The summed E-state index contributed by atoms with van der Waals surface area (Å²) in [6.45, 7) is 1.95. The van der Waals surface area contributed by atoms with Gasteiger partial charge in [-0.05, 0) is 36.8 Å². The molecule has 20 heavy (non-hydrogen) atoms. The maximum atomic E-state index is 13.5. The molecule has 0 saturated heterocycles. The van der Waals surface area contributed by atoms with Gasteiger partial charge < -0.3 is 10.6 Å². The fourth-order valence-electron chi connectivity index (χ4n) is 1.77. The van der Waals surface area contributed by atoms with Crippen molar-refractivity contribution < 1.29 is 8.78 Å². The molecule has 2 aromatic rings. The highest BCUT2D eigenvalue weighted by Gasteiger charge is 2.09. The minimum absolute atomic E-state index is 0.0142. The molecule has 2 rings (SSSR count). The Balaban J connectivity index is 1.99. The first-order chi connectivity index (χ1) is 9.56. The normalized spacial score (nSPS) is 11.8. The van der Waals surface area contributed by atoms with Gasteiger partial charge in [-0.15, -0.1) is 0 Å².